The highest BCUT2D eigenvalue weighted by molar-refractivity contribution is 5.88. The van der Waals surface area contributed by atoms with E-state index in [9.17, 15) is 14.9 Å². The Kier molecular flexibility index (Phi) is 16.9. The molecule has 0 radical (unpaired) electrons. The summed E-state index contributed by atoms with van der Waals surface area (Å²) in [6.45, 7) is 2.28. The van der Waals surface area contributed by atoms with Gasteiger partial charge >= 0.3 is 5.97 Å². The van der Waals surface area contributed by atoms with Crippen molar-refractivity contribution < 1.29 is 14.8 Å². The van der Waals surface area contributed by atoms with Crippen LogP contribution < -0.4 is 0 Å². The lowest BCUT2D eigenvalue weighted by Gasteiger charge is -2.07. The second kappa shape index (κ2) is 20.2. The fraction of sp³-hybridized carbons (Fsp3) is 0.618. The summed E-state index contributed by atoms with van der Waals surface area (Å²) >= 11 is 0. The third kappa shape index (κ3) is 13.8. The highest BCUT2D eigenvalue weighted by Crippen LogP contribution is 2.29. The topological polar surface area (TPSA) is 80.4 Å². The average Bonchev–Trinajstić information content (AvgIpc) is 2.94. The fourth-order valence-electron chi connectivity index (χ4n) is 5.32. The van der Waals surface area contributed by atoms with Gasteiger partial charge in [-0.2, -0.15) is 0 Å². The van der Waals surface area contributed by atoms with E-state index in [1.165, 1.54) is 121 Å². The van der Waals surface area contributed by atoms with Crippen LogP contribution in [0.4, 0.5) is 5.69 Å². The number of hydrogen-bond donors (Lipinski definition) is 1. The molecule has 0 atom stereocenters. The minimum atomic E-state index is -0.984. The zero-order chi connectivity index (χ0) is 28.1. The van der Waals surface area contributed by atoms with Gasteiger partial charge in [-0.3, -0.25) is 10.1 Å². The average molecular weight is 538 g/mol. The number of aryl methyl sites for hydroxylation is 1. The molecule has 0 aliphatic carbocycles. The SMILES string of the molecule is CCCCCCCCCCCCCCCCCCCCCc1ccc(-c2ccc(C(=O)O)cc2)cc1[N+](=O)[O-]. The lowest BCUT2D eigenvalue weighted by molar-refractivity contribution is -0.385. The first-order valence-corrected chi connectivity index (χ1v) is 15.6. The van der Waals surface area contributed by atoms with Gasteiger partial charge in [0.05, 0.1) is 10.5 Å². The lowest BCUT2D eigenvalue weighted by atomic mass is 9.98. The molecule has 0 fully saturated rings. The Morgan fingerprint density at radius 1 is 0.641 bits per heavy atom. The van der Waals surface area contributed by atoms with E-state index in [-0.39, 0.29) is 16.2 Å². The van der Waals surface area contributed by atoms with Crippen LogP contribution in [0.15, 0.2) is 42.5 Å². The van der Waals surface area contributed by atoms with Crippen molar-refractivity contribution >= 4 is 11.7 Å². The lowest BCUT2D eigenvalue weighted by Crippen LogP contribution is -1.97. The molecular formula is C34H51NO4. The highest BCUT2D eigenvalue weighted by atomic mass is 16.6. The monoisotopic (exact) mass is 537 g/mol. The number of nitro benzene ring substituents is 1. The van der Waals surface area contributed by atoms with E-state index in [1.54, 1.807) is 18.2 Å². The van der Waals surface area contributed by atoms with Crippen molar-refractivity contribution in [2.45, 2.75) is 135 Å². The van der Waals surface area contributed by atoms with Gasteiger partial charge in [0.1, 0.15) is 0 Å². The maximum Gasteiger partial charge on any atom is 0.335 e. The van der Waals surface area contributed by atoms with Gasteiger partial charge < -0.3 is 5.11 Å². The van der Waals surface area contributed by atoms with E-state index in [2.05, 4.69) is 6.92 Å². The van der Waals surface area contributed by atoms with Crippen LogP contribution in [0.1, 0.15) is 145 Å². The largest absolute Gasteiger partial charge is 0.478 e. The van der Waals surface area contributed by atoms with E-state index < -0.39 is 5.97 Å². The standard InChI is InChI=1S/C34H51NO4/c1-2-3-4-5-6-7-8-9-10-11-12-13-14-15-16-17-18-19-20-21-30-24-27-32(28-33(30)35(38)39)29-22-25-31(26-23-29)34(36)37/h22-28H,2-21H2,1H3,(H,36,37). The molecule has 216 valence electrons. The fourth-order valence-corrected chi connectivity index (χ4v) is 5.32. The van der Waals surface area contributed by atoms with Crippen LogP contribution in [0.25, 0.3) is 11.1 Å². The maximum atomic E-state index is 11.7. The van der Waals surface area contributed by atoms with Crippen LogP contribution in [-0.4, -0.2) is 16.0 Å². The molecule has 0 heterocycles. The van der Waals surface area contributed by atoms with Gasteiger partial charge in [0.25, 0.3) is 5.69 Å². The smallest absolute Gasteiger partial charge is 0.335 e. The van der Waals surface area contributed by atoms with Crippen molar-refractivity contribution in [3.63, 3.8) is 0 Å². The molecule has 2 aromatic rings. The van der Waals surface area contributed by atoms with E-state index in [1.807, 2.05) is 12.1 Å². The summed E-state index contributed by atoms with van der Waals surface area (Å²) in [7, 11) is 0. The number of aromatic carboxylic acids is 1. The highest BCUT2D eigenvalue weighted by Gasteiger charge is 2.15. The molecule has 0 aromatic heterocycles. The summed E-state index contributed by atoms with van der Waals surface area (Å²) in [4.78, 5) is 22.4. The number of carbonyl (C=O) groups is 1. The third-order valence-electron chi connectivity index (χ3n) is 7.80. The summed E-state index contributed by atoms with van der Waals surface area (Å²) < 4.78 is 0. The molecule has 0 bridgehead atoms. The number of carboxylic acids is 1. The Hall–Kier alpha value is -2.69. The predicted molar refractivity (Wildman–Crippen MR) is 163 cm³/mol. The number of carboxylic acid groups (broad SMARTS) is 1. The molecule has 1 N–H and O–H groups in total. The van der Waals surface area contributed by atoms with Gasteiger partial charge in [0.15, 0.2) is 0 Å². The zero-order valence-electron chi connectivity index (χ0n) is 24.3. The summed E-state index contributed by atoms with van der Waals surface area (Å²) in [6, 6.07) is 11.8. The van der Waals surface area contributed by atoms with E-state index in [0.29, 0.717) is 6.42 Å². The predicted octanol–water partition coefficient (Wildman–Crippen LogP) is 10.9. The first-order valence-electron chi connectivity index (χ1n) is 15.6. The third-order valence-corrected chi connectivity index (χ3v) is 7.80. The van der Waals surface area contributed by atoms with Crippen LogP contribution in [0.5, 0.6) is 0 Å². The first kappa shape index (κ1) is 32.5. The van der Waals surface area contributed by atoms with Crippen molar-refractivity contribution in [1.29, 1.82) is 0 Å². The molecule has 0 aliphatic heterocycles. The number of nitrogens with zero attached hydrogens (tertiary/aromatic N) is 1. The Morgan fingerprint density at radius 2 is 1.05 bits per heavy atom. The Balaban J connectivity index is 1.51. The van der Waals surface area contributed by atoms with Crippen LogP contribution in [0.3, 0.4) is 0 Å². The maximum absolute atomic E-state index is 11.7. The van der Waals surface area contributed by atoms with Crippen molar-refractivity contribution in [3.8, 4) is 11.1 Å². The number of hydrogen-bond acceptors (Lipinski definition) is 3. The Labute approximate surface area is 236 Å². The van der Waals surface area contributed by atoms with Gasteiger partial charge in [-0.25, -0.2) is 4.79 Å². The molecule has 0 saturated heterocycles. The summed E-state index contributed by atoms with van der Waals surface area (Å²) in [5.41, 5.74) is 2.64. The summed E-state index contributed by atoms with van der Waals surface area (Å²) in [5, 5.41) is 20.7. The van der Waals surface area contributed by atoms with Crippen molar-refractivity contribution in [2.24, 2.45) is 0 Å². The van der Waals surface area contributed by atoms with Gasteiger partial charge in [0, 0.05) is 11.6 Å². The van der Waals surface area contributed by atoms with Crippen molar-refractivity contribution in [1.82, 2.24) is 0 Å². The van der Waals surface area contributed by atoms with Gasteiger partial charge in [-0.05, 0) is 36.1 Å². The number of unbranched alkanes of at least 4 members (excludes halogenated alkanes) is 18. The van der Waals surface area contributed by atoms with E-state index in [4.69, 9.17) is 5.11 Å². The summed E-state index contributed by atoms with van der Waals surface area (Å²) in [5.74, 6) is -0.984. The molecule has 39 heavy (non-hydrogen) atoms. The quantitative estimate of drug-likeness (QED) is 0.0868. The second-order valence-electron chi connectivity index (χ2n) is 11.1. The van der Waals surface area contributed by atoms with E-state index in [0.717, 1.165) is 29.5 Å². The zero-order valence-corrected chi connectivity index (χ0v) is 24.3. The van der Waals surface area contributed by atoms with Gasteiger partial charge in [-0.15, -0.1) is 0 Å². The molecule has 0 aliphatic rings. The summed E-state index contributed by atoms with van der Waals surface area (Å²) in [6.07, 6.45) is 26.1. The van der Waals surface area contributed by atoms with Crippen LogP contribution in [0.2, 0.25) is 0 Å². The van der Waals surface area contributed by atoms with Crippen LogP contribution in [0, 0.1) is 10.1 Å². The number of benzene rings is 2. The van der Waals surface area contributed by atoms with Crippen LogP contribution >= 0.6 is 0 Å². The molecule has 2 rings (SSSR count). The van der Waals surface area contributed by atoms with Gasteiger partial charge in [0.2, 0.25) is 0 Å². The molecular weight excluding hydrogens is 486 g/mol. The molecule has 0 saturated carbocycles. The van der Waals surface area contributed by atoms with Gasteiger partial charge in [-0.1, -0.05) is 147 Å². The normalized spacial score (nSPS) is 11.1. The minimum Gasteiger partial charge on any atom is -0.478 e. The Morgan fingerprint density at radius 3 is 1.46 bits per heavy atom. The minimum absolute atomic E-state index is 0.150. The van der Waals surface area contributed by atoms with Crippen LogP contribution in [-0.2, 0) is 6.42 Å². The molecule has 2 aromatic carbocycles. The molecule has 5 heteroatoms. The second-order valence-corrected chi connectivity index (χ2v) is 11.1. The Bertz CT molecular complexity index is 954. The first-order chi connectivity index (χ1) is 19.0. The molecule has 0 unspecified atom stereocenters. The molecule has 5 nitrogen and oxygen atoms in total. The molecule has 0 spiro atoms. The van der Waals surface area contributed by atoms with Crippen molar-refractivity contribution in [3.05, 3.63) is 63.7 Å². The van der Waals surface area contributed by atoms with E-state index >= 15 is 0 Å². The number of rotatable bonds is 23. The number of nitro groups is 1. The molecule has 0 amide bonds. The van der Waals surface area contributed by atoms with Crippen molar-refractivity contribution in [2.75, 3.05) is 0 Å².